The molecule has 20 heavy (non-hydrogen) atoms. The fourth-order valence-corrected chi connectivity index (χ4v) is 3.52. The Morgan fingerprint density at radius 1 is 1.30 bits per heavy atom. The van der Waals surface area contributed by atoms with Crippen LogP contribution in [0, 0.1) is 28.9 Å². The first kappa shape index (κ1) is 13.8. The van der Waals surface area contributed by atoms with Gasteiger partial charge in [-0.05, 0) is 39.2 Å². The summed E-state index contributed by atoms with van der Waals surface area (Å²) in [5, 5.41) is 2.62. The molecule has 6 heteroatoms. The Balaban J connectivity index is 1.68. The van der Waals surface area contributed by atoms with Gasteiger partial charge < -0.3 is 10.2 Å². The third kappa shape index (κ3) is 2.10. The topological polar surface area (TPSA) is 32.3 Å². The minimum atomic E-state index is -0.978. The number of hydrogen-bond donors (Lipinski definition) is 1. The second kappa shape index (κ2) is 4.41. The van der Waals surface area contributed by atoms with Gasteiger partial charge in [0.15, 0.2) is 11.6 Å². The molecule has 2 aliphatic rings. The van der Waals surface area contributed by atoms with E-state index in [9.17, 15) is 13.6 Å². The first-order chi connectivity index (χ1) is 9.30. The standard InChI is InChI=1S/C14H15BrF2N2O/c1-14(2)7-5-19(6-8(7)14)13(20)18-12-4-11(17)10(16)3-9(12)15/h3-4,7-8H,5-6H2,1-2H3,(H,18,20)/t7-,8-/m0/s1. The van der Waals surface area contributed by atoms with Crippen LogP contribution in [0.1, 0.15) is 13.8 Å². The molecule has 1 aromatic carbocycles. The molecule has 0 spiro atoms. The zero-order valence-corrected chi connectivity index (χ0v) is 12.8. The van der Waals surface area contributed by atoms with E-state index in [1.807, 2.05) is 0 Å². The summed E-state index contributed by atoms with van der Waals surface area (Å²) in [6.45, 7) is 5.88. The van der Waals surface area contributed by atoms with Gasteiger partial charge in [-0.1, -0.05) is 13.8 Å². The molecule has 0 radical (unpaired) electrons. The summed E-state index contributed by atoms with van der Waals surface area (Å²) in [6, 6.07) is 1.73. The molecule has 1 aromatic rings. The maximum absolute atomic E-state index is 13.2. The average molecular weight is 345 g/mol. The first-order valence-electron chi connectivity index (χ1n) is 6.51. The summed E-state index contributed by atoms with van der Waals surface area (Å²) >= 11 is 3.12. The van der Waals surface area contributed by atoms with Crippen molar-refractivity contribution in [2.24, 2.45) is 17.3 Å². The van der Waals surface area contributed by atoms with Gasteiger partial charge >= 0.3 is 6.03 Å². The third-order valence-corrected chi connectivity index (χ3v) is 5.32. The van der Waals surface area contributed by atoms with Gasteiger partial charge in [0, 0.05) is 23.6 Å². The van der Waals surface area contributed by atoms with Crippen molar-refractivity contribution in [3.05, 3.63) is 28.2 Å². The van der Waals surface area contributed by atoms with E-state index in [1.165, 1.54) is 0 Å². The van der Waals surface area contributed by atoms with Crippen molar-refractivity contribution in [2.45, 2.75) is 13.8 Å². The Morgan fingerprint density at radius 3 is 2.45 bits per heavy atom. The number of nitrogens with zero attached hydrogens (tertiary/aromatic N) is 1. The van der Waals surface area contributed by atoms with Gasteiger partial charge in [-0.3, -0.25) is 0 Å². The summed E-state index contributed by atoms with van der Waals surface area (Å²) in [5.74, 6) is -0.809. The van der Waals surface area contributed by atoms with Crippen molar-refractivity contribution in [1.29, 1.82) is 0 Å². The number of anilines is 1. The molecule has 0 aromatic heterocycles. The molecule has 3 rings (SSSR count). The molecule has 1 heterocycles. The Morgan fingerprint density at radius 2 is 1.85 bits per heavy atom. The number of halogens is 3. The van der Waals surface area contributed by atoms with Gasteiger partial charge in [-0.15, -0.1) is 0 Å². The highest BCUT2D eigenvalue weighted by molar-refractivity contribution is 9.10. The number of nitrogens with one attached hydrogen (secondary N) is 1. The summed E-state index contributed by atoms with van der Waals surface area (Å²) in [6.07, 6.45) is 0. The van der Waals surface area contributed by atoms with Crippen LogP contribution in [-0.4, -0.2) is 24.0 Å². The van der Waals surface area contributed by atoms with E-state index in [1.54, 1.807) is 4.90 Å². The highest BCUT2D eigenvalue weighted by Gasteiger charge is 2.62. The Labute approximate surface area is 124 Å². The van der Waals surface area contributed by atoms with E-state index >= 15 is 0 Å². The predicted octanol–water partition coefficient (Wildman–Crippen LogP) is 3.85. The van der Waals surface area contributed by atoms with Crippen molar-refractivity contribution in [1.82, 2.24) is 4.90 Å². The van der Waals surface area contributed by atoms with E-state index in [2.05, 4.69) is 35.1 Å². The summed E-state index contributed by atoms with van der Waals surface area (Å²) < 4.78 is 26.5. The zero-order chi connectivity index (χ0) is 14.7. The molecule has 1 aliphatic carbocycles. The number of hydrogen-bond acceptors (Lipinski definition) is 1. The van der Waals surface area contributed by atoms with Crippen molar-refractivity contribution in [3.8, 4) is 0 Å². The first-order valence-corrected chi connectivity index (χ1v) is 7.30. The van der Waals surface area contributed by atoms with E-state index in [0.29, 0.717) is 21.7 Å². The smallest absolute Gasteiger partial charge is 0.321 e. The molecule has 0 bridgehead atoms. The number of amides is 2. The minimum absolute atomic E-state index is 0.244. The molecule has 0 unspecified atom stereocenters. The highest BCUT2D eigenvalue weighted by atomic mass is 79.9. The van der Waals surface area contributed by atoms with E-state index < -0.39 is 11.6 Å². The summed E-state index contributed by atoms with van der Waals surface area (Å²) in [5.41, 5.74) is 0.577. The number of rotatable bonds is 1. The molecule has 2 atom stereocenters. The molecule has 2 fully saturated rings. The second-order valence-corrected chi connectivity index (χ2v) is 6.97. The Kier molecular flexibility index (Phi) is 3.04. The number of urea groups is 1. The lowest BCUT2D eigenvalue weighted by atomic mass is 10.1. The maximum atomic E-state index is 13.2. The molecule has 1 aliphatic heterocycles. The van der Waals surface area contributed by atoms with E-state index in [-0.39, 0.29) is 11.7 Å². The number of piperidine rings is 1. The molecule has 1 saturated heterocycles. The number of likely N-dealkylation sites (tertiary alicyclic amines) is 1. The highest BCUT2D eigenvalue weighted by Crippen LogP contribution is 2.61. The van der Waals surface area contributed by atoms with Crippen molar-refractivity contribution in [2.75, 3.05) is 18.4 Å². The minimum Gasteiger partial charge on any atom is -0.324 e. The predicted molar refractivity (Wildman–Crippen MR) is 75.4 cm³/mol. The van der Waals surface area contributed by atoms with Crippen LogP contribution in [-0.2, 0) is 0 Å². The SMILES string of the molecule is CC1(C)[C@H]2CN(C(=O)Nc3cc(F)c(F)cc3Br)C[C@@H]21. The fourth-order valence-electron chi connectivity index (χ4n) is 3.11. The van der Waals surface area contributed by atoms with Crippen LogP contribution in [0.4, 0.5) is 19.3 Å². The summed E-state index contributed by atoms with van der Waals surface area (Å²) in [4.78, 5) is 13.8. The molecule has 1 N–H and O–H groups in total. The zero-order valence-electron chi connectivity index (χ0n) is 11.2. The lowest BCUT2D eigenvalue weighted by Crippen LogP contribution is -2.36. The van der Waals surface area contributed by atoms with Gasteiger partial charge in [0.1, 0.15) is 0 Å². The second-order valence-electron chi connectivity index (χ2n) is 6.12. The number of benzene rings is 1. The van der Waals surface area contributed by atoms with Crippen LogP contribution in [0.25, 0.3) is 0 Å². The van der Waals surface area contributed by atoms with Gasteiger partial charge in [0.05, 0.1) is 5.69 Å². The number of carbonyl (C=O) groups is 1. The maximum Gasteiger partial charge on any atom is 0.321 e. The molecule has 3 nitrogen and oxygen atoms in total. The molecule has 1 saturated carbocycles. The Bertz CT molecular complexity index is 577. The van der Waals surface area contributed by atoms with Gasteiger partial charge in [-0.25, -0.2) is 13.6 Å². The van der Waals surface area contributed by atoms with Crippen molar-refractivity contribution in [3.63, 3.8) is 0 Å². The van der Waals surface area contributed by atoms with Crippen molar-refractivity contribution >= 4 is 27.6 Å². The number of fused-ring (bicyclic) bond motifs is 1. The Hall–Kier alpha value is -1.17. The normalized spacial score (nSPS) is 26.4. The average Bonchev–Trinajstić information content (AvgIpc) is 2.78. The van der Waals surface area contributed by atoms with Gasteiger partial charge in [-0.2, -0.15) is 0 Å². The summed E-state index contributed by atoms with van der Waals surface area (Å²) in [7, 11) is 0. The van der Waals surface area contributed by atoms with Gasteiger partial charge in [0.25, 0.3) is 0 Å². The van der Waals surface area contributed by atoms with Crippen LogP contribution in [0.2, 0.25) is 0 Å². The quantitative estimate of drug-likeness (QED) is 0.771. The lowest BCUT2D eigenvalue weighted by molar-refractivity contribution is 0.209. The largest absolute Gasteiger partial charge is 0.324 e. The van der Waals surface area contributed by atoms with E-state index in [0.717, 1.165) is 25.2 Å². The van der Waals surface area contributed by atoms with E-state index in [4.69, 9.17) is 0 Å². The van der Waals surface area contributed by atoms with Crippen LogP contribution >= 0.6 is 15.9 Å². The van der Waals surface area contributed by atoms with Gasteiger partial charge in [0.2, 0.25) is 0 Å². The molecule has 108 valence electrons. The fraction of sp³-hybridized carbons (Fsp3) is 0.500. The van der Waals surface area contributed by atoms with Crippen LogP contribution in [0.3, 0.4) is 0 Å². The van der Waals surface area contributed by atoms with Crippen LogP contribution in [0.5, 0.6) is 0 Å². The molecule has 2 amide bonds. The molecular weight excluding hydrogens is 330 g/mol. The monoisotopic (exact) mass is 344 g/mol. The third-order valence-electron chi connectivity index (χ3n) is 4.66. The van der Waals surface area contributed by atoms with Crippen molar-refractivity contribution < 1.29 is 13.6 Å². The van der Waals surface area contributed by atoms with Crippen LogP contribution < -0.4 is 5.32 Å². The molecular formula is C14H15BrF2N2O. The van der Waals surface area contributed by atoms with Crippen LogP contribution in [0.15, 0.2) is 16.6 Å². The lowest BCUT2D eigenvalue weighted by Gasteiger charge is -2.22. The number of carbonyl (C=O) groups excluding carboxylic acids is 1.